The van der Waals surface area contributed by atoms with Gasteiger partial charge in [0.05, 0.1) is 6.61 Å². The quantitative estimate of drug-likeness (QED) is 0.744. The number of ether oxygens (including phenoxy) is 1. The smallest absolute Gasteiger partial charge is 0.123 e. The molecule has 1 saturated heterocycles. The molecule has 2 rings (SSSR count). The second-order valence-corrected chi connectivity index (χ2v) is 6.13. The van der Waals surface area contributed by atoms with Crippen molar-refractivity contribution in [3.8, 4) is 5.75 Å². The summed E-state index contributed by atoms with van der Waals surface area (Å²) in [6, 6.07) is 8.86. The second kappa shape index (κ2) is 9.06. The SMILES string of the molecule is CCCCCCOc1ccccc1CN1CCC(N)CC1. The van der Waals surface area contributed by atoms with Crippen LogP contribution in [0, 0.1) is 0 Å². The minimum Gasteiger partial charge on any atom is -0.493 e. The molecule has 1 aromatic rings. The van der Waals surface area contributed by atoms with Crippen LogP contribution in [0.25, 0.3) is 0 Å². The van der Waals surface area contributed by atoms with E-state index in [1.54, 1.807) is 0 Å². The standard InChI is InChI=1S/C18H30N2O/c1-2-3-4-7-14-21-18-9-6-5-8-16(18)15-20-12-10-17(19)11-13-20/h5-6,8-9,17H,2-4,7,10-15,19H2,1H3. The van der Waals surface area contributed by atoms with Gasteiger partial charge in [-0.2, -0.15) is 0 Å². The van der Waals surface area contributed by atoms with Crippen LogP contribution in [-0.2, 0) is 6.54 Å². The Hall–Kier alpha value is -1.06. The van der Waals surface area contributed by atoms with Crippen molar-refractivity contribution in [1.82, 2.24) is 4.90 Å². The topological polar surface area (TPSA) is 38.5 Å². The molecule has 0 bridgehead atoms. The van der Waals surface area contributed by atoms with E-state index in [2.05, 4.69) is 36.1 Å². The van der Waals surface area contributed by atoms with Crippen molar-refractivity contribution in [2.75, 3.05) is 19.7 Å². The minimum atomic E-state index is 0.395. The predicted molar refractivity (Wildman–Crippen MR) is 88.6 cm³/mol. The summed E-state index contributed by atoms with van der Waals surface area (Å²) < 4.78 is 6.00. The van der Waals surface area contributed by atoms with Crippen LogP contribution in [-0.4, -0.2) is 30.6 Å². The zero-order chi connectivity index (χ0) is 14.9. The highest BCUT2D eigenvalue weighted by Crippen LogP contribution is 2.22. The number of likely N-dealkylation sites (tertiary alicyclic amines) is 1. The van der Waals surface area contributed by atoms with Crippen molar-refractivity contribution < 1.29 is 4.74 Å². The zero-order valence-electron chi connectivity index (χ0n) is 13.4. The molecule has 0 atom stereocenters. The van der Waals surface area contributed by atoms with Crippen molar-refractivity contribution in [3.63, 3.8) is 0 Å². The molecule has 0 amide bonds. The number of unbranched alkanes of at least 4 members (excludes halogenated alkanes) is 3. The summed E-state index contributed by atoms with van der Waals surface area (Å²) in [5, 5.41) is 0. The maximum atomic E-state index is 6.00. The molecule has 3 nitrogen and oxygen atoms in total. The summed E-state index contributed by atoms with van der Waals surface area (Å²) >= 11 is 0. The van der Waals surface area contributed by atoms with Gasteiger partial charge >= 0.3 is 0 Å². The molecule has 2 N–H and O–H groups in total. The van der Waals surface area contributed by atoms with Crippen molar-refractivity contribution in [2.24, 2.45) is 5.73 Å². The van der Waals surface area contributed by atoms with Crippen LogP contribution in [0.15, 0.2) is 24.3 Å². The number of hydrogen-bond donors (Lipinski definition) is 1. The summed E-state index contributed by atoms with van der Waals surface area (Å²) in [5.41, 5.74) is 7.28. The number of para-hydroxylation sites is 1. The van der Waals surface area contributed by atoms with Crippen molar-refractivity contribution >= 4 is 0 Å². The molecule has 0 saturated carbocycles. The van der Waals surface area contributed by atoms with E-state index in [0.29, 0.717) is 6.04 Å². The Morgan fingerprint density at radius 2 is 1.90 bits per heavy atom. The third-order valence-electron chi connectivity index (χ3n) is 4.25. The van der Waals surface area contributed by atoms with E-state index >= 15 is 0 Å². The molecule has 3 heteroatoms. The van der Waals surface area contributed by atoms with E-state index in [1.165, 1.54) is 24.8 Å². The molecule has 0 unspecified atom stereocenters. The Morgan fingerprint density at radius 3 is 2.67 bits per heavy atom. The maximum absolute atomic E-state index is 6.00. The average molecular weight is 290 g/mol. The first-order valence-corrected chi connectivity index (χ1v) is 8.48. The molecular formula is C18H30N2O. The first-order valence-electron chi connectivity index (χ1n) is 8.48. The lowest BCUT2D eigenvalue weighted by atomic mass is 10.1. The van der Waals surface area contributed by atoms with E-state index in [9.17, 15) is 0 Å². The Labute approximate surface area is 129 Å². The van der Waals surface area contributed by atoms with E-state index in [0.717, 1.165) is 51.3 Å². The fourth-order valence-electron chi connectivity index (χ4n) is 2.84. The average Bonchev–Trinajstić information content (AvgIpc) is 2.51. The van der Waals surface area contributed by atoms with Crippen LogP contribution in [0.4, 0.5) is 0 Å². The number of piperidine rings is 1. The third-order valence-corrected chi connectivity index (χ3v) is 4.25. The number of nitrogens with zero attached hydrogens (tertiary/aromatic N) is 1. The number of rotatable bonds is 8. The lowest BCUT2D eigenvalue weighted by molar-refractivity contribution is 0.201. The highest BCUT2D eigenvalue weighted by Gasteiger charge is 2.17. The van der Waals surface area contributed by atoms with E-state index in [-0.39, 0.29) is 0 Å². The van der Waals surface area contributed by atoms with Crippen LogP contribution in [0.1, 0.15) is 51.0 Å². The fourth-order valence-corrected chi connectivity index (χ4v) is 2.84. The first-order chi connectivity index (χ1) is 10.3. The summed E-state index contributed by atoms with van der Waals surface area (Å²) in [6.07, 6.45) is 7.22. The van der Waals surface area contributed by atoms with Crippen molar-refractivity contribution in [3.05, 3.63) is 29.8 Å². The molecule has 1 aliphatic heterocycles. The van der Waals surface area contributed by atoms with Gasteiger partial charge in [-0.15, -0.1) is 0 Å². The molecule has 1 aromatic carbocycles. The zero-order valence-corrected chi connectivity index (χ0v) is 13.4. The second-order valence-electron chi connectivity index (χ2n) is 6.13. The summed E-state index contributed by atoms with van der Waals surface area (Å²) in [6.45, 7) is 6.26. The number of hydrogen-bond acceptors (Lipinski definition) is 3. The largest absolute Gasteiger partial charge is 0.493 e. The lowest BCUT2D eigenvalue weighted by Gasteiger charge is -2.30. The molecule has 0 radical (unpaired) electrons. The Kier molecular flexibility index (Phi) is 7.04. The van der Waals surface area contributed by atoms with Gasteiger partial charge in [-0.1, -0.05) is 44.4 Å². The van der Waals surface area contributed by atoms with Crippen LogP contribution < -0.4 is 10.5 Å². The summed E-state index contributed by atoms with van der Waals surface area (Å²) in [5.74, 6) is 1.06. The number of benzene rings is 1. The molecule has 1 aliphatic rings. The van der Waals surface area contributed by atoms with E-state index < -0.39 is 0 Å². The molecular weight excluding hydrogens is 260 g/mol. The normalized spacial score (nSPS) is 17.0. The Morgan fingerprint density at radius 1 is 1.14 bits per heavy atom. The maximum Gasteiger partial charge on any atom is 0.123 e. The van der Waals surface area contributed by atoms with Gasteiger partial charge in [-0.3, -0.25) is 4.90 Å². The van der Waals surface area contributed by atoms with Gasteiger partial charge in [0.25, 0.3) is 0 Å². The van der Waals surface area contributed by atoms with Gasteiger partial charge in [-0.25, -0.2) is 0 Å². The van der Waals surface area contributed by atoms with Crippen LogP contribution in [0.5, 0.6) is 5.75 Å². The van der Waals surface area contributed by atoms with Crippen LogP contribution in [0.2, 0.25) is 0 Å². The van der Waals surface area contributed by atoms with Gasteiger partial charge in [-0.05, 0) is 38.4 Å². The highest BCUT2D eigenvalue weighted by atomic mass is 16.5. The summed E-state index contributed by atoms with van der Waals surface area (Å²) in [4.78, 5) is 2.49. The van der Waals surface area contributed by atoms with E-state index in [1.807, 2.05) is 0 Å². The molecule has 0 aliphatic carbocycles. The van der Waals surface area contributed by atoms with Gasteiger partial charge < -0.3 is 10.5 Å². The van der Waals surface area contributed by atoms with Crippen molar-refractivity contribution in [1.29, 1.82) is 0 Å². The van der Waals surface area contributed by atoms with E-state index in [4.69, 9.17) is 10.5 Å². The third kappa shape index (κ3) is 5.68. The predicted octanol–water partition coefficient (Wildman–Crippen LogP) is 3.57. The number of nitrogens with two attached hydrogens (primary N) is 1. The van der Waals surface area contributed by atoms with Crippen LogP contribution >= 0.6 is 0 Å². The Bertz CT molecular complexity index is 400. The minimum absolute atomic E-state index is 0.395. The molecule has 1 fully saturated rings. The fraction of sp³-hybridized carbons (Fsp3) is 0.667. The van der Waals surface area contributed by atoms with Gasteiger partial charge in [0.15, 0.2) is 0 Å². The van der Waals surface area contributed by atoms with Crippen LogP contribution in [0.3, 0.4) is 0 Å². The molecule has 0 aromatic heterocycles. The Balaban J connectivity index is 1.82. The first kappa shape index (κ1) is 16.3. The molecule has 21 heavy (non-hydrogen) atoms. The summed E-state index contributed by atoms with van der Waals surface area (Å²) in [7, 11) is 0. The van der Waals surface area contributed by atoms with Gasteiger partial charge in [0.1, 0.15) is 5.75 Å². The van der Waals surface area contributed by atoms with Gasteiger partial charge in [0.2, 0.25) is 0 Å². The molecule has 1 heterocycles. The molecule has 0 spiro atoms. The lowest BCUT2D eigenvalue weighted by Crippen LogP contribution is -2.39. The monoisotopic (exact) mass is 290 g/mol. The highest BCUT2D eigenvalue weighted by molar-refractivity contribution is 5.33. The van der Waals surface area contributed by atoms with Crippen molar-refractivity contribution in [2.45, 2.75) is 58.0 Å². The molecule has 118 valence electrons. The van der Waals surface area contributed by atoms with Gasteiger partial charge in [0, 0.05) is 18.2 Å².